The highest BCUT2D eigenvalue weighted by molar-refractivity contribution is 9.10. The number of methoxy groups -OCH3 is 2. The number of Topliss-reactive ketones (excluding diaryl/α,β-unsaturated/α-hetero) is 1. The highest BCUT2D eigenvalue weighted by Gasteiger charge is 2.34. The Labute approximate surface area is 147 Å². The van der Waals surface area contributed by atoms with Gasteiger partial charge in [-0.1, -0.05) is 27.7 Å². The number of rotatable bonds is 6. The van der Waals surface area contributed by atoms with Gasteiger partial charge in [-0.2, -0.15) is 0 Å². The van der Waals surface area contributed by atoms with Crippen LogP contribution in [0.25, 0.3) is 0 Å². The number of ketones is 1. The average molecular weight is 401 g/mol. The second-order valence-corrected chi connectivity index (χ2v) is 6.84. The minimum absolute atomic E-state index is 0.0766. The van der Waals surface area contributed by atoms with Crippen LogP contribution in [-0.4, -0.2) is 38.9 Å². The van der Waals surface area contributed by atoms with Gasteiger partial charge in [0.1, 0.15) is 12.4 Å². The molecule has 0 amide bonds. The summed E-state index contributed by atoms with van der Waals surface area (Å²) < 4.78 is 16.3. The fourth-order valence-corrected chi connectivity index (χ4v) is 3.60. The van der Waals surface area contributed by atoms with E-state index in [1.807, 2.05) is 24.3 Å². The highest BCUT2D eigenvalue weighted by atomic mass is 79.9. The van der Waals surface area contributed by atoms with Crippen molar-refractivity contribution in [1.29, 1.82) is 0 Å². The third-order valence-corrected chi connectivity index (χ3v) is 4.99. The summed E-state index contributed by atoms with van der Waals surface area (Å²) in [7, 11) is 2.80. The van der Waals surface area contributed by atoms with E-state index < -0.39 is 5.97 Å². The number of halogens is 1. The fraction of sp³-hybridized carbons (Fsp3) is 0.375. The van der Waals surface area contributed by atoms with Gasteiger partial charge < -0.3 is 14.2 Å². The molecule has 0 saturated heterocycles. The zero-order valence-electron chi connectivity index (χ0n) is 12.8. The molecule has 0 aromatic heterocycles. The predicted octanol–water partition coefficient (Wildman–Crippen LogP) is 3.32. The third-order valence-electron chi connectivity index (χ3n) is 3.27. The molecule has 0 unspecified atom stereocenters. The van der Waals surface area contributed by atoms with Crippen molar-refractivity contribution in [2.75, 3.05) is 21.0 Å². The third kappa shape index (κ3) is 4.67. The summed E-state index contributed by atoms with van der Waals surface area (Å²) in [6.45, 7) is 0.0949. The first kappa shape index (κ1) is 18.2. The van der Waals surface area contributed by atoms with E-state index in [0.717, 1.165) is 9.37 Å². The molecule has 23 heavy (non-hydrogen) atoms. The molecule has 0 saturated carbocycles. The van der Waals surface area contributed by atoms with Gasteiger partial charge in [0.2, 0.25) is 0 Å². The molecule has 0 fully saturated rings. The van der Waals surface area contributed by atoms with Crippen LogP contribution in [0.2, 0.25) is 0 Å². The Bertz CT molecular complexity index is 611. The van der Waals surface area contributed by atoms with Gasteiger partial charge in [0.05, 0.1) is 13.2 Å². The molecule has 0 N–H and O–H groups in total. The van der Waals surface area contributed by atoms with Crippen molar-refractivity contribution in [2.45, 2.75) is 23.8 Å². The van der Waals surface area contributed by atoms with Crippen molar-refractivity contribution in [2.24, 2.45) is 0 Å². The van der Waals surface area contributed by atoms with Crippen LogP contribution < -0.4 is 0 Å². The first-order valence-corrected chi connectivity index (χ1v) is 8.57. The molecule has 1 aliphatic carbocycles. The predicted molar refractivity (Wildman–Crippen MR) is 90.0 cm³/mol. The van der Waals surface area contributed by atoms with E-state index in [1.165, 1.54) is 26.0 Å². The number of esters is 1. The summed E-state index contributed by atoms with van der Waals surface area (Å²) in [4.78, 5) is 25.7. The molecule has 1 atom stereocenters. The maximum absolute atomic E-state index is 12.2. The van der Waals surface area contributed by atoms with Crippen LogP contribution in [0, 0.1) is 0 Å². The monoisotopic (exact) mass is 400 g/mol. The maximum Gasteiger partial charge on any atom is 0.342 e. The molecule has 0 radical (unpaired) electrons. The molecular formula is C16H17BrO5S. The Morgan fingerprint density at radius 2 is 2.00 bits per heavy atom. The van der Waals surface area contributed by atoms with Gasteiger partial charge in [0, 0.05) is 27.8 Å². The number of hydrogen-bond acceptors (Lipinski definition) is 6. The first-order valence-electron chi connectivity index (χ1n) is 6.96. The molecule has 2 rings (SSSR count). The van der Waals surface area contributed by atoms with E-state index in [1.54, 1.807) is 0 Å². The normalized spacial score (nSPS) is 18.2. The molecule has 5 nitrogen and oxygen atoms in total. The first-order chi connectivity index (χ1) is 11.1. The van der Waals surface area contributed by atoms with Crippen LogP contribution in [0.3, 0.4) is 0 Å². The maximum atomic E-state index is 12.2. The lowest BCUT2D eigenvalue weighted by Crippen LogP contribution is -2.29. The van der Waals surface area contributed by atoms with Gasteiger partial charge in [-0.15, -0.1) is 0 Å². The summed E-state index contributed by atoms with van der Waals surface area (Å²) in [6, 6.07) is 7.61. The minimum atomic E-state index is -0.625. The number of hydrogen-bond donors (Lipinski definition) is 0. The molecule has 1 aromatic carbocycles. The second kappa shape index (κ2) is 8.63. The van der Waals surface area contributed by atoms with Crippen LogP contribution in [0.1, 0.15) is 12.8 Å². The summed E-state index contributed by atoms with van der Waals surface area (Å²) in [5.41, 5.74) is 0.0766. The summed E-state index contributed by atoms with van der Waals surface area (Å²) >= 11 is 4.73. The van der Waals surface area contributed by atoms with E-state index in [2.05, 4.69) is 15.9 Å². The van der Waals surface area contributed by atoms with E-state index in [-0.39, 0.29) is 30.7 Å². The van der Waals surface area contributed by atoms with Crippen LogP contribution in [0.5, 0.6) is 0 Å². The van der Waals surface area contributed by atoms with Gasteiger partial charge in [0.15, 0.2) is 5.78 Å². The molecule has 0 heterocycles. The number of ether oxygens (including phenoxy) is 3. The lowest BCUT2D eigenvalue weighted by Gasteiger charge is -2.26. The van der Waals surface area contributed by atoms with Gasteiger partial charge in [-0.05, 0) is 30.7 Å². The Hall–Kier alpha value is -1.15. The lowest BCUT2D eigenvalue weighted by molar-refractivity contribution is -0.138. The standard InChI is InChI=1S/C16H17BrO5S/c1-20-9-22-13-8-7-12(18)14(16(19)21-2)15(13)23-11-5-3-10(17)4-6-11/h3-6,13H,7-9H2,1-2H3/t13-/m0/s1. The van der Waals surface area contributed by atoms with Crippen LogP contribution in [-0.2, 0) is 23.8 Å². The lowest BCUT2D eigenvalue weighted by atomic mass is 9.95. The number of carbonyl (C=O) groups excluding carboxylic acids is 2. The molecule has 0 spiro atoms. The number of carbonyl (C=O) groups is 2. The van der Waals surface area contributed by atoms with Crippen molar-refractivity contribution in [3.63, 3.8) is 0 Å². The molecule has 0 aliphatic heterocycles. The van der Waals surface area contributed by atoms with Gasteiger partial charge in [0.25, 0.3) is 0 Å². The van der Waals surface area contributed by atoms with Crippen molar-refractivity contribution < 1.29 is 23.8 Å². The topological polar surface area (TPSA) is 61.8 Å². The Morgan fingerprint density at radius 1 is 1.30 bits per heavy atom. The quantitative estimate of drug-likeness (QED) is 0.414. The van der Waals surface area contributed by atoms with E-state index >= 15 is 0 Å². The van der Waals surface area contributed by atoms with Crippen LogP contribution >= 0.6 is 27.7 Å². The van der Waals surface area contributed by atoms with Crippen LogP contribution in [0.4, 0.5) is 0 Å². The van der Waals surface area contributed by atoms with Crippen molar-refractivity contribution in [1.82, 2.24) is 0 Å². The van der Waals surface area contributed by atoms with Gasteiger partial charge >= 0.3 is 5.97 Å². The van der Waals surface area contributed by atoms with Gasteiger partial charge in [-0.3, -0.25) is 4.79 Å². The van der Waals surface area contributed by atoms with E-state index in [4.69, 9.17) is 14.2 Å². The summed E-state index contributed by atoms with van der Waals surface area (Å²) in [6.07, 6.45) is 0.403. The SMILES string of the molecule is COCO[C@H]1CCC(=O)C(C(=O)OC)=C1Sc1ccc(Br)cc1. The van der Waals surface area contributed by atoms with Crippen LogP contribution in [0.15, 0.2) is 44.1 Å². The van der Waals surface area contributed by atoms with Crippen molar-refractivity contribution in [3.8, 4) is 0 Å². The fourth-order valence-electron chi connectivity index (χ4n) is 2.19. The molecule has 1 aliphatic rings. The number of thioether (sulfide) groups is 1. The largest absolute Gasteiger partial charge is 0.465 e. The Morgan fingerprint density at radius 3 is 2.61 bits per heavy atom. The average Bonchev–Trinajstić information content (AvgIpc) is 2.56. The van der Waals surface area contributed by atoms with Crippen molar-refractivity contribution in [3.05, 3.63) is 39.2 Å². The molecular weight excluding hydrogens is 384 g/mol. The Kier molecular flexibility index (Phi) is 6.83. The second-order valence-electron chi connectivity index (χ2n) is 4.81. The molecule has 7 heteroatoms. The van der Waals surface area contributed by atoms with Crippen molar-refractivity contribution >= 4 is 39.4 Å². The number of benzene rings is 1. The van der Waals surface area contributed by atoms with E-state index in [0.29, 0.717) is 11.3 Å². The summed E-state index contributed by atoms with van der Waals surface area (Å²) in [5.74, 6) is -0.839. The minimum Gasteiger partial charge on any atom is -0.465 e. The molecule has 124 valence electrons. The van der Waals surface area contributed by atoms with Gasteiger partial charge in [-0.25, -0.2) is 4.79 Å². The zero-order valence-corrected chi connectivity index (χ0v) is 15.2. The Balaban J connectivity index is 2.38. The molecule has 1 aromatic rings. The smallest absolute Gasteiger partial charge is 0.342 e. The molecule has 0 bridgehead atoms. The summed E-state index contributed by atoms with van der Waals surface area (Å²) in [5, 5.41) is 0. The zero-order chi connectivity index (χ0) is 16.8. The van der Waals surface area contributed by atoms with E-state index in [9.17, 15) is 9.59 Å². The highest BCUT2D eigenvalue weighted by Crippen LogP contribution is 2.38.